The Labute approximate surface area is 168 Å². The molecule has 3 unspecified atom stereocenters. The SMILES string of the molecule is CCS(=O)C1CCCC(NC(=NC)NCCN(C)CC(F)(F)F)C1.I. The molecule has 0 aromatic heterocycles. The minimum atomic E-state index is -4.18. The van der Waals surface area contributed by atoms with E-state index in [4.69, 9.17) is 0 Å². The number of aliphatic imine (C=N–C) groups is 1. The van der Waals surface area contributed by atoms with Crippen LogP contribution in [0.25, 0.3) is 0 Å². The summed E-state index contributed by atoms with van der Waals surface area (Å²) in [6.07, 6.45) is -0.325. The molecule has 25 heavy (non-hydrogen) atoms. The van der Waals surface area contributed by atoms with Gasteiger partial charge in [0.25, 0.3) is 0 Å². The van der Waals surface area contributed by atoms with Crippen LogP contribution in [0.4, 0.5) is 13.2 Å². The second-order valence-electron chi connectivity index (χ2n) is 6.15. The van der Waals surface area contributed by atoms with Crippen molar-refractivity contribution in [3.05, 3.63) is 0 Å². The molecule has 1 aliphatic rings. The van der Waals surface area contributed by atoms with Crippen molar-refractivity contribution in [2.75, 3.05) is 39.5 Å². The zero-order valence-electron chi connectivity index (χ0n) is 15.1. The molecule has 0 spiro atoms. The lowest BCUT2D eigenvalue weighted by atomic mass is 9.95. The molecule has 1 rings (SSSR count). The van der Waals surface area contributed by atoms with E-state index in [1.807, 2.05) is 6.92 Å². The van der Waals surface area contributed by atoms with Gasteiger partial charge in [0.2, 0.25) is 0 Å². The zero-order chi connectivity index (χ0) is 18.2. The number of likely N-dealkylation sites (N-methyl/N-ethyl adjacent to an activating group) is 1. The van der Waals surface area contributed by atoms with Crippen LogP contribution >= 0.6 is 24.0 Å². The molecular weight excluding hydrogens is 468 g/mol. The lowest BCUT2D eigenvalue weighted by molar-refractivity contribution is -0.142. The Morgan fingerprint density at radius 1 is 1.36 bits per heavy atom. The van der Waals surface area contributed by atoms with E-state index in [1.165, 1.54) is 11.9 Å². The highest BCUT2D eigenvalue weighted by atomic mass is 127. The Morgan fingerprint density at radius 3 is 2.60 bits per heavy atom. The number of nitrogens with one attached hydrogen (secondary N) is 2. The topological polar surface area (TPSA) is 56.7 Å². The Kier molecular flexibility index (Phi) is 12.3. The van der Waals surface area contributed by atoms with Gasteiger partial charge in [0.15, 0.2) is 5.96 Å². The molecule has 150 valence electrons. The van der Waals surface area contributed by atoms with Crippen molar-refractivity contribution < 1.29 is 17.4 Å². The zero-order valence-corrected chi connectivity index (χ0v) is 18.2. The summed E-state index contributed by atoms with van der Waals surface area (Å²) in [5.74, 6) is 1.26. The molecule has 0 aliphatic heterocycles. The monoisotopic (exact) mass is 498 g/mol. The van der Waals surface area contributed by atoms with E-state index in [9.17, 15) is 17.4 Å². The van der Waals surface area contributed by atoms with Crippen molar-refractivity contribution in [2.24, 2.45) is 4.99 Å². The number of nitrogens with zero attached hydrogens (tertiary/aromatic N) is 2. The van der Waals surface area contributed by atoms with E-state index in [0.29, 0.717) is 18.3 Å². The fourth-order valence-corrected chi connectivity index (χ4v) is 4.24. The first kappa shape index (κ1) is 24.9. The van der Waals surface area contributed by atoms with Gasteiger partial charge in [-0.1, -0.05) is 13.3 Å². The first-order chi connectivity index (χ1) is 11.2. The van der Waals surface area contributed by atoms with Gasteiger partial charge in [0.1, 0.15) is 0 Å². The van der Waals surface area contributed by atoms with Crippen molar-refractivity contribution in [3.63, 3.8) is 0 Å². The summed E-state index contributed by atoms with van der Waals surface area (Å²) in [7, 11) is 2.29. The lowest BCUT2D eigenvalue weighted by Crippen LogP contribution is -2.48. The van der Waals surface area contributed by atoms with Gasteiger partial charge in [-0.2, -0.15) is 13.2 Å². The normalized spacial score (nSPS) is 23.1. The Bertz CT molecular complexity index is 437. The molecule has 3 atom stereocenters. The summed E-state index contributed by atoms with van der Waals surface area (Å²) in [6, 6.07) is 0.207. The van der Waals surface area contributed by atoms with Crippen LogP contribution in [0.15, 0.2) is 4.99 Å². The average Bonchev–Trinajstić information content (AvgIpc) is 2.51. The molecule has 0 amide bonds. The summed E-state index contributed by atoms with van der Waals surface area (Å²) < 4.78 is 48.8. The smallest absolute Gasteiger partial charge is 0.355 e. The third-order valence-corrected chi connectivity index (χ3v) is 5.82. The molecule has 0 heterocycles. The average molecular weight is 498 g/mol. The van der Waals surface area contributed by atoms with E-state index in [1.54, 1.807) is 7.05 Å². The van der Waals surface area contributed by atoms with Gasteiger partial charge in [-0.25, -0.2) is 0 Å². The van der Waals surface area contributed by atoms with Gasteiger partial charge in [0, 0.05) is 48.0 Å². The van der Waals surface area contributed by atoms with Crippen LogP contribution in [0.1, 0.15) is 32.6 Å². The van der Waals surface area contributed by atoms with Crippen LogP contribution in [0, 0.1) is 0 Å². The Hall–Kier alpha value is -0.100. The number of hydrogen-bond donors (Lipinski definition) is 2. The second-order valence-corrected chi connectivity index (χ2v) is 8.16. The quantitative estimate of drug-likeness (QED) is 0.322. The molecule has 1 fully saturated rings. The molecular formula is C15H30F3IN4OS. The minimum Gasteiger partial charge on any atom is -0.355 e. The van der Waals surface area contributed by atoms with E-state index < -0.39 is 23.5 Å². The second kappa shape index (κ2) is 12.3. The highest BCUT2D eigenvalue weighted by Crippen LogP contribution is 2.23. The number of rotatable bonds is 7. The number of hydrogen-bond acceptors (Lipinski definition) is 3. The Morgan fingerprint density at radius 2 is 2.04 bits per heavy atom. The van der Waals surface area contributed by atoms with Crippen LogP contribution in [0.3, 0.4) is 0 Å². The summed E-state index contributed by atoms with van der Waals surface area (Å²) in [5.41, 5.74) is 0. The third-order valence-electron chi connectivity index (χ3n) is 4.08. The highest BCUT2D eigenvalue weighted by molar-refractivity contribution is 14.0. The van der Waals surface area contributed by atoms with Crippen LogP contribution in [-0.4, -0.2) is 72.0 Å². The summed E-state index contributed by atoms with van der Waals surface area (Å²) >= 11 is 0. The van der Waals surface area contributed by atoms with Gasteiger partial charge in [-0.05, 0) is 26.3 Å². The molecule has 5 nitrogen and oxygen atoms in total. The van der Waals surface area contributed by atoms with Crippen LogP contribution in [0.2, 0.25) is 0 Å². The van der Waals surface area contributed by atoms with Crippen molar-refractivity contribution in [1.29, 1.82) is 0 Å². The van der Waals surface area contributed by atoms with Gasteiger partial charge in [-0.3, -0.25) is 14.1 Å². The molecule has 1 aliphatic carbocycles. The molecule has 2 N–H and O–H groups in total. The van der Waals surface area contributed by atoms with Crippen molar-refractivity contribution in [1.82, 2.24) is 15.5 Å². The lowest BCUT2D eigenvalue weighted by Gasteiger charge is -2.30. The van der Waals surface area contributed by atoms with E-state index in [-0.39, 0.29) is 41.8 Å². The maximum atomic E-state index is 12.3. The van der Waals surface area contributed by atoms with Crippen LogP contribution < -0.4 is 10.6 Å². The molecule has 0 aromatic carbocycles. The number of guanidine groups is 1. The largest absolute Gasteiger partial charge is 0.401 e. The molecule has 1 saturated carbocycles. The van der Waals surface area contributed by atoms with Gasteiger partial charge >= 0.3 is 6.18 Å². The molecule has 0 aromatic rings. The van der Waals surface area contributed by atoms with Gasteiger partial charge < -0.3 is 10.6 Å². The predicted molar refractivity (Wildman–Crippen MR) is 108 cm³/mol. The molecule has 0 radical (unpaired) electrons. The van der Waals surface area contributed by atoms with E-state index in [2.05, 4.69) is 15.6 Å². The number of alkyl halides is 3. The highest BCUT2D eigenvalue weighted by Gasteiger charge is 2.29. The maximum absolute atomic E-state index is 12.3. The Balaban J connectivity index is 0.00000576. The van der Waals surface area contributed by atoms with E-state index >= 15 is 0 Å². The minimum absolute atomic E-state index is 0. The molecule has 0 saturated heterocycles. The fraction of sp³-hybridized carbons (Fsp3) is 0.933. The van der Waals surface area contributed by atoms with Crippen LogP contribution in [0.5, 0.6) is 0 Å². The van der Waals surface area contributed by atoms with Gasteiger partial charge in [0.05, 0.1) is 6.54 Å². The van der Waals surface area contributed by atoms with Crippen molar-refractivity contribution in [3.8, 4) is 0 Å². The van der Waals surface area contributed by atoms with Crippen LogP contribution in [-0.2, 0) is 10.8 Å². The molecule has 0 bridgehead atoms. The third kappa shape index (κ3) is 10.6. The first-order valence-electron chi connectivity index (χ1n) is 8.34. The summed E-state index contributed by atoms with van der Waals surface area (Å²) in [5, 5.41) is 6.57. The predicted octanol–water partition coefficient (Wildman–Crippen LogP) is 2.34. The van der Waals surface area contributed by atoms with Crippen molar-refractivity contribution in [2.45, 2.75) is 50.1 Å². The van der Waals surface area contributed by atoms with E-state index in [0.717, 1.165) is 25.7 Å². The number of halogens is 4. The summed E-state index contributed by atoms with van der Waals surface area (Å²) in [4.78, 5) is 5.34. The summed E-state index contributed by atoms with van der Waals surface area (Å²) in [6.45, 7) is 1.66. The first-order valence-corrected chi connectivity index (χ1v) is 9.73. The fourth-order valence-electron chi connectivity index (χ4n) is 2.89. The standard InChI is InChI=1S/C15H29F3N4OS.HI/c1-4-24(23)13-7-5-6-12(10-13)21-14(19-2)20-8-9-22(3)11-15(16,17)18;/h12-13H,4-11H2,1-3H3,(H2,19,20,21);1H. The molecule has 10 heteroatoms. The maximum Gasteiger partial charge on any atom is 0.401 e. The van der Waals surface area contributed by atoms with Crippen molar-refractivity contribution >= 4 is 40.7 Å². The van der Waals surface area contributed by atoms with Gasteiger partial charge in [-0.15, -0.1) is 24.0 Å².